The highest BCUT2D eigenvalue weighted by Crippen LogP contribution is 2.31. The standard InChI is InChI=1S/C28H32FN5O6S/c1-38-20-10-5-16(14-21(20)39-2)11-12-34(28(37)25-22(30)23(26(31)35)33-41-25)24(17-6-8-18(29)9-7-17)27(36)32-15-19-4-3-13-40-19/h5-10,14,19,24H,3-4,11-13,15,30H2,1-2H3,(H2,31,35)(H,32,36)/t19-,24+/m1/s1. The zero-order valence-electron chi connectivity index (χ0n) is 22.7. The van der Waals surface area contributed by atoms with Gasteiger partial charge in [0.25, 0.3) is 11.8 Å². The Morgan fingerprint density at radius 1 is 1.17 bits per heavy atom. The number of nitrogens with two attached hydrogens (primary N) is 2. The number of hydrogen-bond donors (Lipinski definition) is 3. The van der Waals surface area contributed by atoms with Crippen LogP contribution in [0.25, 0.3) is 0 Å². The lowest BCUT2D eigenvalue weighted by Crippen LogP contribution is -2.46. The third-order valence-electron chi connectivity index (χ3n) is 6.78. The van der Waals surface area contributed by atoms with E-state index in [-0.39, 0.29) is 35.5 Å². The summed E-state index contributed by atoms with van der Waals surface area (Å²) in [5.74, 6) is -1.43. The van der Waals surface area contributed by atoms with Crippen LogP contribution >= 0.6 is 11.5 Å². The Labute approximate surface area is 240 Å². The van der Waals surface area contributed by atoms with Gasteiger partial charge in [0.05, 0.1) is 26.0 Å². The zero-order chi connectivity index (χ0) is 29.5. The average molecular weight is 586 g/mol. The van der Waals surface area contributed by atoms with Crippen molar-refractivity contribution in [1.29, 1.82) is 0 Å². The molecule has 1 aliphatic rings. The predicted molar refractivity (Wildman–Crippen MR) is 150 cm³/mol. The number of nitrogens with zero attached hydrogens (tertiary/aromatic N) is 2. The summed E-state index contributed by atoms with van der Waals surface area (Å²) in [6.45, 7) is 0.917. The van der Waals surface area contributed by atoms with Gasteiger partial charge in [0, 0.05) is 19.7 Å². The minimum absolute atomic E-state index is 0.0369. The first-order valence-electron chi connectivity index (χ1n) is 12.9. The number of methoxy groups -OCH3 is 2. The van der Waals surface area contributed by atoms with Crippen molar-refractivity contribution in [2.75, 3.05) is 39.6 Å². The van der Waals surface area contributed by atoms with Gasteiger partial charge >= 0.3 is 0 Å². The summed E-state index contributed by atoms with van der Waals surface area (Å²) < 4.78 is 34.2. The Morgan fingerprint density at radius 3 is 2.51 bits per heavy atom. The normalized spacial score (nSPS) is 15.2. The van der Waals surface area contributed by atoms with Crippen LogP contribution in [0, 0.1) is 5.82 Å². The van der Waals surface area contributed by atoms with Crippen LogP contribution in [-0.2, 0) is 16.0 Å². The van der Waals surface area contributed by atoms with E-state index in [0.29, 0.717) is 30.1 Å². The predicted octanol–water partition coefficient (Wildman–Crippen LogP) is 2.70. The third kappa shape index (κ3) is 6.92. The van der Waals surface area contributed by atoms with Gasteiger partial charge in [-0.3, -0.25) is 14.4 Å². The molecule has 0 bridgehead atoms. The summed E-state index contributed by atoms with van der Waals surface area (Å²) in [5, 5.41) is 2.89. The van der Waals surface area contributed by atoms with Crippen LogP contribution in [0.5, 0.6) is 11.5 Å². The molecule has 1 aliphatic heterocycles. The molecule has 0 aliphatic carbocycles. The molecular weight excluding hydrogens is 553 g/mol. The van der Waals surface area contributed by atoms with Gasteiger partial charge in [0.1, 0.15) is 16.7 Å². The van der Waals surface area contributed by atoms with E-state index < -0.39 is 29.6 Å². The number of amides is 3. The quantitative estimate of drug-likeness (QED) is 0.293. The molecule has 5 N–H and O–H groups in total. The fourth-order valence-corrected chi connectivity index (χ4v) is 5.39. The summed E-state index contributed by atoms with van der Waals surface area (Å²) in [6.07, 6.45) is 1.87. The monoisotopic (exact) mass is 585 g/mol. The van der Waals surface area contributed by atoms with E-state index in [1.165, 1.54) is 43.4 Å². The number of halogens is 1. The van der Waals surface area contributed by atoms with E-state index in [4.69, 9.17) is 25.7 Å². The highest BCUT2D eigenvalue weighted by Gasteiger charge is 2.35. The molecule has 13 heteroatoms. The second-order valence-electron chi connectivity index (χ2n) is 9.41. The minimum atomic E-state index is -1.16. The maximum Gasteiger partial charge on any atom is 0.270 e. The van der Waals surface area contributed by atoms with Crippen LogP contribution in [0.3, 0.4) is 0 Å². The van der Waals surface area contributed by atoms with Gasteiger partial charge in [-0.25, -0.2) is 4.39 Å². The van der Waals surface area contributed by atoms with Crippen LogP contribution in [0.1, 0.15) is 50.2 Å². The number of nitrogen functional groups attached to an aromatic ring is 1. The van der Waals surface area contributed by atoms with Crippen molar-refractivity contribution in [2.24, 2.45) is 5.73 Å². The smallest absolute Gasteiger partial charge is 0.270 e. The first-order valence-corrected chi connectivity index (χ1v) is 13.7. The van der Waals surface area contributed by atoms with E-state index in [2.05, 4.69) is 9.69 Å². The fourth-order valence-electron chi connectivity index (χ4n) is 4.63. The molecule has 1 saturated heterocycles. The fraction of sp³-hybridized carbons (Fsp3) is 0.357. The minimum Gasteiger partial charge on any atom is -0.493 e. The summed E-state index contributed by atoms with van der Waals surface area (Å²) in [6, 6.07) is 9.52. The number of carbonyl (C=O) groups is 3. The Hall–Kier alpha value is -4.23. The second-order valence-corrected chi connectivity index (χ2v) is 10.2. The first kappa shape index (κ1) is 29.7. The van der Waals surface area contributed by atoms with E-state index >= 15 is 0 Å². The first-order chi connectivity index (χ1) is 19.7. The highest BCUT2D eigenvalue weighted by molar-refractivity contribution is 7.09. The number of primary amides is 1. The van der Waals surface area contributed by atoms with Crippen LogP contribution in [-0.4, -0.2) is 67.0 Å². The molecule has 3 amide bonds. The van der Waals surface area contributed by atoms with Crippen molar-refractivity contribution in [1.82, 2.24) is 14.6 Å². The van der Waals surface area contributed by atoms with Crippen LogP contribution < -0.4 is 26.3 Å². The molecule has 218 valence electrons. The largest absolute Gasteiger partial charge is 0.493 e. The third-order valence-corrected chi connectivity index (χ3v) is 7.63. The van der Waals surface area contributed by atoms with Crippen LogP contribution in [0.4, 0.5) is 10.1 Å². The van der Waals surface area contributed by atoms with Gasteiger partial charge in [0.15, 0.2) is 17.2 Å². The lowest BCUT2D eigenvalue weighted by Gasteiger charge is -2.31. The average Bonchev–Trinajstić information content (AvgIpc) is 3.64. The maximum atomic E-state index is 14.0. The summed E-state index contributed by atoms with van der Waals surface area (Å²) in [7, 11) is 3.05. The lowest BCUT2D eigenvalue weighted by atomic mass is 10.0. The van der Waals surface area contributed by atoms with Crippen molar-refractivity contribution >= 4 is 34.9 Å². The van der Waals surface area contributed by atoms with Crippen molar-refractivity contribution in [3.63, 3.8) is 0 Å². The maximum absolute atomic E-state index is 14.0. The molecule has 2 aromatic carbocycles. The second kappa shape index (κ2) is 13.4. The van der Waals surface area contributed by atoms with Crippen molar-refractivity contribution in [2.45, 2.75) is 31.4 Å². The highest BCUT2D eigenvalue weighted by atomic mass is 32.1. The number of ether oxygens (including phenoxy) is 3. The Kier molecular flexibility index (Phi) is 9.73. The molecule has 0 unspecified atom stereocenters. The van der Waals surface area contributed by atoms with E-state index in [9.17, 15) is 18.8 Å². The lowest BCUT2D eigenvalue weighted by molar-refractivity contribution is -0.126. The molecule has 4 rings (SSSR count). The van der Waals surface area contributed by atoms with E-state index in [1.807, 2.05) is 6.07 Å². The van der Waals surface area contributed by atoms with E-state index in [1.54, 1.807) is 12.1 Å². The molecule has 1 aromatic heterocycles. The van der Waals surface area contributed by atoms with Gasteiger partial charge in [-0.2, -0.15) is 4.37 Å². The molecule has 0 spiro atoms. The van der Waals surface area contributed by atoms with Crippen molar-refractivity contribution in [3.8, 4) is 11.5 Å². The van der Waals surface area contributed by atoms with Crippen molar-refractivity contribution < 1.29 is 33.0 Å². The van der Waals surface area contributed by atoms with Crippen LogP contribution in [0.2, 0.25) is 0 Å². The van der Waals surface area contributed by atoms with Gasteiger partial charge in [0.2, 0.25) is 5.91 Å². The molecule has 2 atom stereocenters. The Bertz CT molecular complexity index is 1390. The number of hydrogen-bond acceptors (Lipinski definition) is 9. The number of aromatic nitrogens is 1. The van der Waals surface area contributed by atoms with Gasteiger partial charge in [-0.15, -0.1) is 0 Å². The van der Waals surface area contributed by atoms with Gasteiger partial charge < -0.3 is 35.9 Å². The Morgan fingerprint density at radius 2 is 1.90 bits per heavy atom. The number of carbonyl (C=O) groups excluding carboxylic acids is 3. The summed E-state index contributed by atoms with van der Waals surface area (Å²) >= 11 is 0.719. The molecule has 0 radical (unpaired) electrons. The van der Waals surface area contributed by atoms with Crippen molar-refractivity contribution in [3.05, 3.63) is 70.0 Å². The zero-order valence-corrected chi connectivity index (χ0v) is 23.5. The number of anilines is 1. The summed E-state index contributed by atoms with van der Waals surface area (Å²) in [5.41, 5.74) is 12.3. The molecule has 41 heavy (non-hydrogen) atoms. The van der Waals surface area contributed by atoms with Gasteiger partial charge in [-0.05, 0) is 66.2 Å². The Balaban J connectivity index is 1.72. The molecule has 3 aromatic rings. The van der Waals surface area contributed by atoms with Gasteiger partial charge in [-0.1, -0.05) is 18.2 Å². The summed E-state index contributed by atoms with van der Waals surface area (Å²) in [4.78, 5) is 40.9. The number of benzene rings is 2. The number of nitrogens with one attached hydrogen (secondary N) is 1. The molecule has 2 heterocycles. The SMILES string of the molecule is COc1ccc(CCN(C(=O)c2snc(C(N)=O)c2N)[C@H](C(=O)NC[C@H]2CCCO2)c2ccc(F)cc2)cc1OC. The number of rotatable bonds is 12. The molecular formula is C28H32FN5O6S. The molecule has 0 saturated carbocycles. The molecule has 1 fully saturated rings. The van der Waals surface area contributed by atoms with E-state index in [0.717, 1.165) is 29.9 Å². The molecule has 11 nitrogen and oxygen atoms in total. The van der Waals surface area contributed by atoms with Crippen LogP contribution in [0.15, 0.2) is 42.5 Å². The topological polar surface area (TPSA) is 159 Å².